The molecule has 3 heteroatoms. The fraction of sp³-hybridized carbons (Fsp3) is 1.00. The summed E-state index contributed by atoms with van der Waals surface area (Å²) in [4.78, 5) is 4.72. The molecule has 0 aromatic carbocycles. The molecule has 0 aliphatic heterocycles. The Balaban J connectivity index is 3.90. The third-order valence-corrected chi connectivity index (χ3v) is 3.30. The third kappa shape index (κ3) is 6.46. The second kappa shape index (κ2) is 8.97. The van der Waals surface area contributed by atoms with E-state index >= 15 is 0 Å². The molecule has 0 bridgehead atoms. The maximum Gasteiger partial charge on any atom is 0.0217 e. The first-order valence-electron chi connectivity index (χ1n) is 6.61. The van der Waals surface area contributed by atoms with Gasteiger partial charge in [-0.2, -0.15) is 0 Å². The Kier molecular flexibility index (Phi) is 8.90. The summed E-state index contributed by atoms with van der Waals surface area (Å²) in [6.07, 6.45) is 2.45. The summed E-state index contributed by atoms with van der Waals surface area (Å²) in [5.74, 6) is 0. The molecule has 16 heavy (non-hydrogen) atoms. The smallest absolute Gasteiger partial charge is 0.0217 e. The first kappa shape index (κ1) is 15.9. The molecule has 98 valence electrons. The Labute approximate surface area is 102 Å². The molecule has 0 aliphatic rings. The van der Waals surface area contributed by atoms with Crippen LogP contribution in [-0.4, -0.2) is 62.7 Å². The molecular formula is C13H31N3. The summed E-state index contributed by atoms with van der Waals surface area (Å²) >= 11 is 0. The minimum Gasteiger partial charge on any atom is -0.313 e. The van der Waals surface area contributed by atoms with Gasteiger partial charge in [0.1, 0.15) is 0 Å². The molecule has 0 rings (SSSR count). The van der Waals surface area contributed by atoms with Crippen molar-refractivity contribution in [3.63, 3.8) is 0 Å². The quantitative estimate of drug-likeness (QED) is 0.648. The zero-order valence-corrected chi connectivity index (χ0v) is 12.1. The van der Waals surface area contributed by atoms with Gasteiger partial charge in [0, 0.05) is 12.1 Å². The van der Waals surface area contributed by atoms with Gasteiger partial charge in [0.25, 0.3) is 0 Å². The lowest BCUT2D eigenvalue weighted by Gasteiger charge is -2.32. The Morgan fingerprint density at radius 2 is 1.69 bits per heavy atom. The Morgan fingerprint density at radius 1 is 1.06 bits per heavy atom. The van der Waals surface area contributed by atoms with Crippen LogP contribution in [0, 0.1) is 0 Å². The van der Waals surface area contributed by atoms with Crippen molar-refractivity contribution in [1.82, 2.24) is 15.1 Å². The molecule has 0 amide bonds. The van der Waals surface area contributed by atoms with Gasteiger partial charge >= 0.3 is 0 Å². The van der Waals surface area contributed by atoms with Crippen LogP contribution in [0.25, 0.3) is 0 Å². The van der Waals surface area contributed by atoms with Gasteiger partial charge in [0.15, 0.2) is 0 Å². The van der Waals surface area contributed by atoms with Crippen molar-refractivity contribution >= 4 is 0 Å². The van der Waals surface area contributed by atoms with Crippen LogP contribution < -0.4 is 5.32 Å². The summed E-state index contributed by atoms with van der Waals surface area (Å²) in [6, 6.07) is 1.24. The topological polar surface area (TPSA) is 18.5 Å². The van der Waals surface area contributed by atoms with Crippen LogP contribution >= 0.6 is 0 Å². The van der Waals surface area contributed by atoms with Crippen LogP contribution in [-0.2, 0) is 0 Å². The van der Waals surface area contributed by atoms with Gasteiger partial charge in [0.05, 0.1) is 0 Å². The van der Waals surface area contributed by atoms with Crippen LogP contribution in [0.4, 0.5) is 0 Å². The van der Waals surface area contributed by atoms with Crippen LogP contribution in [0.15, 0.2) is 0 Å². The van der Waals surface area contributed by atoms with Crippen molar-refractivity contribution < 1.29 is 0 Å². The van der Waals surface area contributed by atoms with Gasteiger partial charge in [-0.1, -0.05) is 13.8 Å². The van der Waals surface area contributed by atoms with Gasteiger partial charge in [-0.3, -0.25) is 0 Å². The maximum atomic E-state index is 3.56. The standard InChI is InChI=1S/C13H31N3/c1-7-13(14-8-2)12(3)16(6)11-9-10-15(4)5/h12-14H,7-11H2,1-6H3. The summed E-state index contributed by atoms with van der Waals surface area (Å²) in [5.41, 5.74) is 0. The minimum atomic E-state index is 0.618. The van der Waals surface area contributed by atoms with Crippen molar-refractivity contribution in [1.29, 1.82) is 0 Å². The second-order valence-corrected chi connectivity index (χ2v) is 4.95. The first-order valence-corrected chi connectivity index (χ1v) is 6.61. The molecular weight excluding hydrogens is 198 g/mol. The number of likely N-dealkylation sites (N-methyl/N-ethyl adjacent to an activating group) is 2. The van der Waals surface area contributed by atoms with Crippen molar-refractivity contribution in [2.45, 2.75) is 45.7 Å². The van der Waals surface area contributed by atoms with E-state index in [2.05, 4.69) is 57.0 Å². The lowest BCUT2D eigenvalue weighted by molar-refractivity contribution is 0.195. The first-order chi connectivity index (χ1) is 7.52. The number of nitrogens with zero attached hydrogens (tertiary/aromatic N) is 2. The molecule has 0 saturated heterocycles. The van der Waals surface area contributed by atoms with Crippen molar-refractivity contribution in [2.75, 3.05) is 40.8 Å². The normalized spacial score (nSPS) is 15.8. The van der Waals surface area contributed by atoms with Crippen LogP contribution in [0.3, 0.4) is 0 Å². The van der Waals surface area contributed by atoms with Crippen LogP contribution in [0.1, 0.15) is 33.6 Å². The Bertz CT molecular complexity index is 159. The summed E-state index contributed by atoms with van der Waals surface area (Å²) in [7, 11) is 6.51. The molecule has 0 heterocycles. The largest absolute Gasteiger partial charge is 0.313 e. The summed E-state index contributed by atoms with van der Waals surface area (Å²) in [6.45, 7) is 10.2. The molecule has 2 atom stereocenters. The van der Waals surface area contributed by atoms with E-state index in [9.17, 15) is 0 Å². The van der Waals surface area contributed by atoms with Crippen LogP contribution in [0.5, 0.6) is 0 Å². The molecule has 0 saturated carbocycles. The monoisotopic (exact) mass is 229 g/mol. The Morgan fingerprint density at radius 3 is 2.12 bits per heavy atom. The van der Waals surface area contributed by atoms with Gasteiger partial charge in [-0.15, -0.1) is 0 Å². The Hall–Kier alpha value is -0.120. The third-order valence-electron chi connectivity index (χ3n) is 3.30. The molecule has 0 spiro atoms. The lowest BCUT2D eigenvalue weighted by atomic mass is 10.1. The average Bonchev–Trinajstić information content (AvgIpc) is 2.24. The predicted molar refractivity (Wildman–Crippen MR) is 73.0 cm³/mol. The number of rotatable bonds is 9. The van der Waals surface area contributed by atoms with E-state index in [1.807, 2.05) is 0 Å². The predicted octanol–water partition coefficient (Wildman–Crippen LogP) is 1.65. The molecule has 2 unspecified atom stereocenters. The van der Waals surface area contributed by atoms with E-state index in [1.54, 1.807) is 0 Å². The molecule has 0 aromatic heterocycles. The van der Waals surface area contributed by atoms with E-state index < -0.39 is 0 Å². The van der Waals surface area contributed by atoms with E-state index in [-0.39, 0.29) is 0 Å². The van der Waals surface area contributed by atoms with Gasteiger partial charge in [-0.05, 0) is 60.5 Å². The lowest BCUT2D eigenvalue weighted by Crippen LogP contribution is -2.47. The summed E-state index contributed by atoms with van der Waals surface area (Å²) in [5, 5.41) is 3.56. The van der Waals surface area contributed by atoms with Gasteiger partial charge in [-0.25, -0.2) is 0 Å². The zero-order valence-electron chi connectivity index (χ0n) is 12.1. The highest BCUT2D eigenvalue weighted by Gasteiger charge is 2.17. The second-order valence-electron chi connectivity index (χ2n) is 4.95. The van der Waals surface area contributed by atoms with Gasteiger partial charge in [0.2, 0.25) is 0 Å². The van der Waals surface area contributed by atoms with Crippen molar-refractivity contribution in [3.05, 3.63) is 0 Å². The molecule has 3 nitrogen and oxygen atoms in total. The highest BCUT2D eigenvalue weighted by Crippen LogP contribution is 2.06. The van der Waals surface area contributed by atoms with E-state index in [0.29, 0.717) is 12.1 Å². The molecule has 0 fully saturated rings. The summed E-state index contributed by atoms with van der Waals surface area (Å²) < 4.78 is 0. The molecule has 0 radical (unpaired) electrons. The van der Waals surface area contributed by atoms with E-state index in [1.165, 1.54) is 25.9 Å². The van der Waals surface area contributed by atoms with E-state index in [0.717, 1.165) is 6.54 Å². The molecule has 1 N–H and O–H groups in total. The average molecular weight is 229 g/mol. The SMILES string of the molecule is CCNC(CC)C(C)N(C)CCCN(C)C. The molecule has 0 aromatic rings. The molecule has 0 aliphatic carbocycles. The number of hydrogen-bond acceptors (Lipinski definition) is 3. The highest BCUT2D eigenvalue weighted by molar-refractivity contribution is 4.78. The highest BCUT2D eigenvalue weighted by atomic mass is 15.2. The number of nitrogens with one attached hydrogen (secondary N) is 1. The van der Waals surface area contributed by atoms with Crippen LogP contribution in [0.2, 0.25) is 0 Å². The van der Waals surface area contributed by atoms with Crippen molar-refractivity contribution in [3.8, 4) is 0 Å². The fourth-order valence-corrected chi connectivity index (χ4v) is 2.07. The maximum absolute atomic E-state index is 3.56. The zero-order chi connectivity index (χ0) is 12.6. The number of hydrogen-bond donors (Lipinski definition) is 1. The van der Waals surface area contributed by atoms with E-state index in [4.69, 9.17) is 0 Å². The van der Waals surface area contributed by atoms with Gasteiger partial charge < -0.3 is 15.1 Å². The fourth-order valence-electron chi connectivity index (χ4n) is 2.07. The van der Waals surface area contributed by atoms with Crippen molar-refractivity contribution in [2.24, 2.45) is 0 Å². The minimum absolute atomic E-state index is 0.618.